The summed E-state index contributed by atoms with van der Waals surface area (Å²) in [5, 5.41) is 10.5. The lowest BCUT2D eigenvalue weighted by atomic mass is 9.92. The van der Waals surface area contributed by atoms with Crippen molar-refractivity contribution in [1.29, 1.82) is 0 Å². The molecule has 0 radical (unpaired) electrons. The van der Waals surface area contributed by atoms with Crippen LogP contribution in [0.3, 0.4) is 0 Å². The minimum absolute atomic E-state index is 0.0357. The molecule has 7 nitrogen and oxygen atoms in total. The molecule has 1 aliphatic rings. The predicted octanol–water partition coefficient (Wildman–Crippen LogP) is 5.58. The van der Waals surface area contributed by atoms with E-state index in [9.17, 15) is 4.79 Å². The number of amides is 1. The summed E-state index contributed by atoms with van der Waals surface area (Å²) in [6.45, 7) is 6.11. The molecular formula is C26H24N6O. The van der Waals surface area contributed by atoms with Gasteiger partial charge in [0.1, 0.15) is 11.2 Å². The highest BCUT2D eigenvalue weighted by atomic mass is 16.1. The summed E-state index contributed by atoms with van der Waals surface area (Å²) in [5.74, 6) is -0.0357. The average molecular weight is 437 g/mol. The van der Waals surface area contributed by atoms with Gasteiger partial charge >= 0.3 is 0 Å². The van der Waals surface area contributed by atoms with E-state index in [2.05, 4.69) is 37.3 Å². The zero-order valence-electron chi connectivity index (χ0n) is 18.7. The van der Waals surface area contributed by atoms with Gasteiger partial charge in [0, 0.05) is 29.8 Å². The van der Waals surface area contributed by atoms with Crippen LogP contribution in [-0.2, 0) is 4.79 Å². The summed E-state index contributed by atoms with van der Waals surface area (Å²) >= 11 is 0. The first-order valence-corrected chi connectivity index (χ1v) is 10.8. The number of nitrogens with zero attached hydrogens (tertiary/aromatic N) is 3. The third-order valence-electron chi connectivity index (χ3n) is 5.25. The second kappa shape index (κ2) is 8.04. The van der Waals surface area contributed by atoms with E-state index >= 15 is 0 Å². The van der Waals surface area contributed by atoms with Gasteiger partial charge < -0.3 is 10.3 Å². The molecule has 164 valence electrons. The van der Waals surface area contributed by atoms with Gasteiger partial charge in [-0.1, -0.05) is 32.9 Å². The second-order valence-electron chi connectivity index (χ2n) is 9.30. The van der Waals surface area contributed by atoms with Crippen LogP contribution in [0.2, 0.25) is 0 Å². The lowest BCUT2D eigenvalue weighted by Crippen LogP contribution is -2.19. The standard InChI is InChI=1S/C26H24N6O/c1-26(2,3)13-23(33)28-18-11-17(14-27-15-18)20-9-10-21-24(30-20)25(32-31-21)22-12-16-7-5-4-6-8-19(16)29-22/h4-5,7-12,14-15,29H,13H2,1-3H3,(H,28,33)(H,31,32). The maximum absolute atomic E-state index is 12.3. The van der Waals surface area contributed by atoms with Crippen LogP contribution in [-0.4, -0.2) is 31.1 Å². The number of rotatable bonds is 4. The lowest BCUT2D eigenvalue weighted by Gasteiger charge is -2.17. The van der Waals surface area contributed by atoms with Gasteiger partial charge in [0.15, 0.2) is 0 Å². The molecule has 7 heteroatoms. The molecule has 0 saturated heterocycles. The number of H-pyrrole nitrogens is 2. The van der Waals surface area contributed by atoms with Crippen molar-refractivity contribution in [2.45, 2.75) is 27.2 Å². The number of aromatic amines is 2. The van der Waals surface area contributed by atoms with Crippen molar-refractivity contribution in [3.05, 3.63) is 65.8 Å². The van der Waals surface area contributed by atoms with Crippen LogP contribution in [0.5, 0.6) is 0 Å². The number of fused-ring (bicyclic) bond motifs is 2. The Hall–Kier alpha value is -4.22. The Bertz CT molecular complexity index is 1460. The highest BCUT2D eigenvalue weighted by Crippen LogP contribution is 2.30. The summed E-state index contributed by atoms with van der Waals surface area (Å²) in [6, 6.07) is 7.82. The molecule has 0 fully saturated rings. The van der Waals surface area contributed by atoms with Crippen molar-refractivity contribution in [2.75, 3.05) is 5.32 Å². The van der Waals surface area contributed by atoms with Gasteiger partial charge in [0.05, 0.1) is 34.5 Å². The molecule has 4 aromatic rings. The van der Waals surface area contributed by atoms with Gasteiger partial charge in [0.2, 0.25) is 5.91 Å². The van der Waals surface area contributed by atoms with Crippen LogP contribution in [0.25, 0.3) is 45.8 Å². The van der Waals surface area contributed by atoms with Gasteiger partial charge in [-0.05, 0) is 35.8 Å². The molecule has 4 aromatic heterocycles. The van der Waals surface area contributed by atoms with Crippen molar-refractivity contribution in [1.82, 2.24) is 25.1 Å². The van der Waals surface area contributed by atoms with Crippen LogP contribution in [0.4, 0.5) is 5.69 Å². The number of carbonyl (C=O) groups is 1. The van der Waals surface area contributed by atoms with Crippen LogP contribution >= 0.6 is 0 Å². The quantitative estimate of drug-likeness (QED) is 0.363. The monoisotopic (exact) mass is 436 g/mol. The van der Waals surface area contributed by atoms with Crippen molar-refractivity contribution in [3.8, 4) is 22.6 Å². The fraction of sp³-hybridized carbons (Fsp3) is 0.192. The third-order valence-corrected chi connectivity index (χ3v) is 5.25. The summed E-state index contributed by atoms with van der Waals surface area (Å²) < 4.78 is 0. The van der Waals surface area contributed by atoms with Crippen molar-refractivity contribution >= 4 is 34.8 Å². The van der Waals surface area contributed by atoms with E-state index in [0.717, 1.165) is 44.9 Å². The fourth-order valence-electron chi connectivity index (χ4n) is 3.79. The maximum atomic E-state index is 12.3. The highest BCUT2D eigenvalue weighted by molar-refractivity contribution is 5.93. The Morgan fingerprint density at radius 1 is 1.18 bits per heavy atom. The van der Waals surface area contributed by atoms with Crippen molar-refractivity contribution < 1.29 is 4.79 Å². The number of nitrogens with one attached hydrogen (secondary N) is 3. The molecule has 3 N–H and O–H groups in total. The number of pyridine rings is 2. The van der Waals surface area contributed by atoms with Crippen LogP contribution in [0, 0.1) is 5.41 Å². The van der Waals surface area contributed by atoms with E-state index in [-0.39, 0.29) is 11.3 Å². The van der Waals surface area contributed by atoms with E-state index in [0.29, 0.717) is 12.1 Å². The molecule has 0 aliphatic heterocycles. The average Bonchev–Trinajstić information content (AvgIpc) is 3.29. The Morgan fingerprint density at radius 2 is 2.06 bits per heavy atom. The maximum Gasteiger partial charge on any atom is 0.224 e. The highest BCUT2D eigenvalue weighted by Gasteiger charge is 2.17. The first kappa shape index (κ1) is 20.7. The molecule has 0 spiro atoms. The Balaban J connectivity index is 1.48. The van der Waals surface area contributed by atoms with Crippen LogP contribution in [0.1, 0.15) is 38.4 Å². The summed E-state index contributed by atoms with van der Waals surface area (Å²) in [5.41, 5.74) is 10.5. The zero-order chi connectivity index (χ0) is 23.0. The van der Waals surface area contributed by atoms with E-state index in [4.69, 9.17) is 4.98 Å². The van der Waals surface area contributed by atoms with Gasteiger partial charge in [0.25, 0.3) is 0 Å². The molecule has 4 heterocycles. The first-order valence-electron chi connectivity index (χ1n) is 10.8. The zero-order valence-corrected chi connectivity index (χ0v) is 18.7. The van der Waals surface area contributed by atoms with Crippen molar-refractivity contribution in [2.24, 2.45) is 5.41 Å². The number of hydrogen-bond acceptors (Lipinski definition) is 4. The number of hydrogen-bond donors (Lipinski definition) is 3. The Kier molecular flexibility index (Phi) is 5.04. The van der Waals surface area contributed by atoms with Crippen molar-refractivity contribution in [3.63, 3.8) is 0 Å². The molecule has 5 rings (SSSR count). The third kappa shape index (κ3) is 4.40. The molecule has 0 aromatic carbocycles. The van der Waals surface area contributed by atoms with Gasteiger partial charge in [-0.3, -0.25) is 14.9 Å². The number of carbonyl (C=O) groups excluding carboxylic acids is 1. The predicted molar refractivity (Wildman–Crippen MR) is 131 cm³/mol. The normalized spacial score (nSPS) is 12.7. The summed E-state index contributed by atoms with van der Waals surface area (Å²) in [4.78, 5) is 24.9. The van der Waals surface area contributed by atoms with Crippen LogP contribution in [0.15, 0.2) is 54.5 Å². The van der Waals surface area contributed by atoms with Gasteiger partial charge in [-0.25, -0.2) is 4.98 Å². The summed E-state index contributed by atoms with van der Waals surface area (Å²) in [7, 11) is 0. The number of anilines is 1. The number of aromatic nitrogens is 5. The summed E-state index contributed by atoms with van der Waals surface area (Å²) in [6.07, 6.45) is 11.6. The topological polar surface area (TPSA) is 99.4 Å². The van der Waals surface area contributed by atoms with E-state index < -0.39 is 0 Å². The van der Waals surface area contributed by atoms with E-state index in [1.165, 1.54) is 0 Å². The Labute approximate surface area is 191 Å². The SMILES string of the molecule is CC(C)(C)CC(=O)Nc1cncc(-c2ccc3[nH]nc(-c4cc5c([nH]4)C=C=CC=C5)c3n2)c1. The smallest absolute Gasteiger partial charge is 0.224 e. The number of allylic oxidation sites excluding steroid dienone is 2. The van der Waals surface area contributed by atoms with E-state index in [1.807, 2.05) is 63.3 Å². The molecule has 0 atom stereocenters. The molecule has 33 heavy (non-hydrogen) atoms. The Morgan fingerprint density at radius 3 is 2.91 bits per heavy atom. The largest absolute Gasteiger partial charge is 0.353 e. The molecule has 1 amide bonds. The minimum atomic E-state index is -0.0859. The van der Waals surface area contributed by atoms with E-state index in [1.54, 1.807) is 12.4 Å². The van der Waals surface area contributed by atoms with Gasteiger partial charge in [-0.2, -0.15) is 5.10 Å². The van der Waals surface area contributed by atoms with Crippen LogP contribution < -0.4 is 5.32 Å². The minimum Gasteiger partial charge on any atom is -0.353 e. The molecule has 0 unspecified atom stereocenters. The molecule has 0 bridgehead atoms. The molecular weight excluding hydrogens is 412 g/mol. The molecule has 0 saturated carbocycles. The van der Waals surface area contributed by atoms with Gasteiger partial charge in [-0.15, -0.1) is 5.73 Å². The second-order valence-corrected chi connectivity index (χ2v) is 9.30. The lowest BCUT2D eigenvalue weighted by molar-refractivity contribution is -0.117. The molecule has 1 aliphatic carbocycles. The first-order chi connectivity index (χ1) is 15.9. The fourth-order valence-corrected chi connectivity index (χ4v) is 3.79.